The fourth-order valence-corrected chi connectivity index (χ4v) is 11.3. The van der Waals surface area contributed by atoms with Crippen molar-refractivity contribution in [1.82, 2.24) is 10.2 Å². The number of rotatable bonds is 13. The van der Waals surface area contributed by atoms with E-state index in [1.54, 1.807) is 11.3 Å². The number of thioether (sulfide) groups is 2. The van der Waals surface area contributed by atoms with Crippen molar-refractivity contribution in [3.05, 3.63) is 202 Å². The van der Waals surface area contributed by atoms with E-state index in [2.05, 4.69) is 177 Å². The highest BCUT2D eigenvalue weighted by molar-refractivity contribution is 8.16. The zero-order valence-electron chi connectivity index (χ0n) is 32.1. The van der Waals surface area contributed by atoms with Gasteiger partial charge in [-0.25, -0.2) is 0 Å². The summed E-state index contributed by atoms with van der Waals surface area (Å²) in [6, 6.07) is 47.6. The second-order valence-corrected chi connectivity index (χ2v) is 18.6. The Kier molecular flexibility index (Phi) is 13.4. The molecule has 0 saturated heterocycles. The van der Waals surface area contributed by atoms with Crippen molar-refractivity contribution < 1.29 is 0 Å². The highest BCUT2D eigenvalue weighted by atomic mass is 32.2. The third kappa shape index (κ3) is 10.2. The van der Waals surface area contributed by atoms with Crippen LogP contribution in [0.4, 0.5) is 0 Å². The molecule has 6 heteroatoms. The summed E-state index contributed by atoms with van der Waals surface area (Å²) in [7, 11) is 0. The molecule has 0 bridgehead atoms. The Labute approximate surface area is 354 Å². The molecule has 2 nitrogen and oxygen atoms in total. The smallest absolute Gasteiger partial charge is 0.137 e. The van der Waals surface area contributed by atoms with Crippen LogP contribution in [0.15, 0.2) is 185 Å². The first-order valence-electron chi connectivity index (χ1n) is 19.8. The fourth-order valence-electron chi connectivity index (χ4n) is 7.02. The van der Waals surface area contributed by atoms with E-state index in [0.29, 0.717) is 0 Å². The van der Waals surface area contributed by atoms with E-state index >= 15 is 0 Å². The quantitative estimate of drug-likeness (QED) is 0.0659. The van der Waals surface area contributed by atoms with E-state index in [1.807, 2.05) is 34.9 Å². The van der Waals surface area contributed by atoms with Gasteiger partial charge >= 0.3 is 0 Å². The van der Waals surface area contributed by atoms with Gasteiger partial charge in [-0.05, 0) is 95.5 Å². The number of unbranched alkanes of at least 4 members (excludes halogenated alkanes) is 2. The van der Waals surface area contributed by atoms with Gasteiger partial charge in [-0.2, -0.15) is 0 Å². The third-order valence-corrected chi connectivity index (χ3v) is 14.4. The van der Waals surface area contributed by atoms with Crippen molar-refractivity contribution in [3.63, 3.8) is 0 Å². The van der Waals surface area contributed by atoms with Gasteiger partial charge in [0, 0.05) is 44.4 Å². The third-order valence-electron chi connectivity index (χ3n) is 9.95. The van der Waals surface area contributed by atoms with E-state index in [-0.39, 0.29) is 0 Å². The Morgan fingerprint density at radius 1 is 0.649 bits per heavy atom. The lowest BCUT2D eigenvalue weighted by molar-refractivity contribution is 0.778. The molecule has 3 heterocycles. The monoisotopic (exact) mass is 813 g/mol. The van der Waals surface area contributed by atoms with E-state index < -0.39 is 0 Å². The molecular weight excluding hydrogens is 769 g/mol. The maximum Gasteiger partial charge on any atom is 0.239 e. The molecule has 0 amide bonds. The van der Waals surface area contributed by atoms with Gasteiger partial charge in [-0.15, -0.1) is 10.2 Å². The molecule has 0 saturated carbocycles. The zero-order valence-corrected chi connectivity index (χ0v) is 35.4. The van der Waals surface area contributed by atoms with Crippen molar-refractivity contribution in [2.24, 2.45) is 0 Å². The summed E-state index contributed by atoms with van der Waals surface area (Å²) in [5.74, 6) is 1.08. The van der Waals surface area contributed by atoms with Crippen LogP contribution >= 0.6 is 46.2 Å². The summed E-state index contributed by atoms with van der Waals surface area (Å²) < 4.78 is 1.06. The first-order chi connectivity index (χ1) is 28.2. The molecule has 282 valence electrons. The molecular formula is C51H45N2S4+. The average molecular weight is 814 g/mol. The van der Waals surface area contributed by atoms with Gasteiger partial charge in [0.2, 0.25) is 21.1 Å². The van der Waals surface area contributed by atoms with Crippen LogP contribution in [-0.2, 0) is 0 Å². The second-order valence-electron chi connectivity index (χ2n) is 14.1. The van der Waals surface area contributed by atoms with Gasteiger partial charge in [0.05, 0.1) is 0 Å². The van der Waals surface area contributed by atoms with Crippen LogP contribution in [0.5, 0.6) is 0 Å². The van der Waals surface area contributed by atoms with Gasteiger partial charge < -0.3 is 0 Å². The molecule has 6 aromatic rings. The van der Waals surface area contributed by atoms with E-state index in [9.17, 15) is 0 Å². The number of aromatic nitrogens is 2. The summed E-state index contributed by atoms with van der Waals surface area (Å²) in [4.78, 5) is 5.03. The van der Waals surface area contributed by atoms with Gasteiger partial charge in [0.1, 0.15) is 5.01 Å². The number of hydrogen-bond donors (Lipinski definition) is 0. The summed E-state index contributed by atoms with van der Waals surface area (Å²) in [6.45, 7) is 2.26. The SMILES string of the molecule is CCCCCSc1nnc(C2=C(/C=C/c3cc(-c4ccccc4)[s+]c(-c4ccccc4)c3)CCC/C2=C\C=C2C=C(c3ccccc3)SC(c3ccccc3)=C2)s1. The molecule has 57 heavy (non-hydrogen) atoms. The maximum absolute atomic E-state index is 4.87. The van der Waals surface area contributed by atoms with Crippen molar-refractivity contribution in [2.75, 3.05) is 5.75 Å². The van der Waals surface area contributed by atoms with Gasteiger partial charge in [-0.3, -0.25) is 0 Å². The molecule has 0 atom stereocenters. The largest absolute Gasteiger partial charge is 0.239 e. The van der Waals surface area contributed by atoms with Crippen LogP contribution in [0.2, 0.25) is 0 Å². The summed E-state index contributed by atoms with van der Waals surface area (Å²) in [5, 5.41) is 10.6. The number of allylic oxidation sites excluding steroid dienone is 9. The molecule has 0 radical (unpaired) electrons. The van der Waals surface area contributed by atoms with Crippen molar-refractivity contribution in [1.29, 1.82) is 0 Å². The van der Waals surface area contributed by atoms with Crippen LogP contribution < -0.4 is 0 Å². The predicted molar refractivity (Wildman–Crippen MR) is 252 cm³/mol. The Bertz CT molecular complexity index is 2360. The second kappa shape index (κ2) is 19.5. The first kappa shape index (κ1) is 39.0. The molecule has 0 fully saturated rings. The van der Waals surface area contributed by atoms with Crippen LogP contribution in [0, 0.1) is 0 Å². The standard InChI is InChI=1S/C51H45N2S4/c1-2-3-16-32-54-51-53-52-50(57-51)49-43(30-28-37-33-45(39-18-8-4-9-19-39)55-46(34-37)40-20-10-5-11-21-40)26-17-27-44(49)31-29-38-35-47(41-22-12-6-13-23-41)56-48(36-38)42-24-14-7-15-25-42/h4-15,18-25,28-31,33-36H,2-3,16-17,26-27,32H2,1H3/q+1. The molecule has 0 N–H and O–H groups in total. The molecule has 8 rings (SSSR count). The highest BCUT2D eigenvalue weighted by Gasteiger charge is 2.23. The van der Waals surface area contributed by atoms with Gasteiger partial charge in [0.25, 0.3) is 0 Å². The molecule has 0 spiro atoms. The minimum atomic E-state index is 0.998. The lowest BCUT2D eigenvalue weighted by Crippen LogP contribution is -2.02. The van der Waals surface area contributed by atoms with E-state index in [4.69, 9.17) is 10.2 Å². The molecule has 1 aliphatic heterocycles. The number of benzene rings is 4. The molecule has 4 aromatic carbocycles. The molecule has 2 aromatic heterocycles. The Morgan fingerprint density at radius 2 is 1.23 bits per heavy atom. The van der Waals surface area contributed by atoms with Crippen LogP contribution in [0.3, 0.4) is 0 Å². The minimum absolute atomic E-state index is 0.998. The molecule has 0 unspecified atom stereocenters. The normalized spacial score (nSPS) is 15.2. The zero-order chi connectivity index (χ0) is 38.7. The Hall–Kier alpha value is -4.85. The fraction of sp³-hybridized carbons (Fsp3) is 0.157. The summed E-state index contributed by atoms with van der Waals surface area (Å²) in [5.41, 5.74) is 11.2. The van der Waals surface area contributed by atoms with Crippen LogP contribution in [-0.4, -0.2) is 16.0 Å². The van der Waals surface area contributed by atoms with Crippen LogP contribution in [0.25, 0.3) is 42.3 Å². The number of nitrogens with zero attached hydrogens (tertiary/aromatic N) is 2. The number of hydrogen-bond acceptors (Lipinski definition) is 5. The maximum atomic E-state index is 4.87. The van der Waals surface area contributed by atoms with Crippen LogP contribution in [0.1, 0.15) is 67.1 Å². The summed E-state index contributed by atoms with van der Waals surface area (Å²) >= 11 is 7.27. The lowest BCUT2D eigenvalue weighted by atomic mass is 9.86. The van der Waals surface area contributed by atoms with E-state index in [0.717, 1.165) is 34.4 Å². The summed E-state index contributed by atoms with van der Waals surface area (Å²) in [6.07, 6.45) is 20.7. The molecule has 2 aliphatic rings. The molecule has 1 aliphatic carbocycles. The van der Waals surface area contributed by atoms with E-state index in [1.165, 1.54) is 88.9 Å². The Balaban J connectivity index is 1.20. The van der Waals surface area contributed by atoms with Crippen molar-refractivity contribution in [2.45, 2.75) is 49.8 Å². The Morgan fingerprint density at radius 3 is 1.81 bits per heavy atom. The highest BCUT2D eigenvalue weighted by Crippen LogP contribution is 2.45. The average Bonchev–Trinajstić information content (AvgIpc) is 3.76. The topological polar surface area (TPSA) is 25.8 Å². The van der Waals surface area contributed by atoms with Crippen molar-refractivity contribution in [3.8, 4) is 20.9 Å². The predicted octanol–water partition coefficient (Wildman–Crippen LogP) is 15.8. The van der Waals surface area contributed by atoms with Gasteiger partial charge in [0.15, 0.2) is 4.34 Å². The lowest BCUT2D eigenvalue weighted by Gasteiger charge is -2.20. The van der Waals surface area contributed by atoms with Gasteiger partial charge in [-0.1, -0.05) is 176 Å². The van der Waals surface area contributed by atoms with Crippen molar-refractivity contribution >= 4 is 67.7 Å². The minimum Gasteiger partial charge on any atom is -0.137 e. The first-order valence-corrected chi connectivity index (χ1v) is 23.2.